The Kier molecular flexibility index (Phi) is 5.83. The largest absolute Gasteiger partial charge is 0.481 e. The minimum Gasteiger partial charge on any atom is -0.481 e. The molecule has 0 bridgehead atoms. The van der Waals surface area contributed by atoms with Crippen LogP contribution in [0.1, 0.15) is 25.0 Å². The van der Waals surface area contributed by atoms with Crippen LogP contribution < -0.4 is 4.74 Å². The normalized spacial score (nSPS) is 18.1. The van der Waals surface area contributed by atoms with Gasteiger partial charge in [0, 0.05) is 26.2 Å². The molecule has 1 heterocycles. The van der Waals surface area contributed by atoms with E-state index in [0.29, 0.717) is 26.2 Å². The summed E-state index contributed by atoms with van der Waals surface area (Å²) >= 11 is 0. The van der Waals surface area contributed by atoms with E-state index in [9.17, 15) is 9.59 Å². The fourth-order valence-corrected chi connectivity index (χ4v) is 2.82. The summed E-state index contributed by atoms with van der Waals surface area (Å²) in [6, 6.07) is 5.41. The van der Waals surface area contributed by atoms with E-state index in [1.165, 1.54) is 0 Å². The number of benzene rings is 1. The van der Waals surface area contributed by atoms with Crippen molar-refractivity contribution in [2.24, 2.45) is 0 Å². The number of nitrogens with zero attached hydrogens (tertiary/aromatic N) is 2. The first-order valence-electron chi connectivity index (χ1n) is 8.29. The molecule has 0 unspecified atom stereocenters. The first-order chi connectivity index (χ1) is 11.3. The molecule has 1 aromatic carbocycles. The second kappa shape index (κ2) is 7.66. The predicted octanol–water partition coefficient (Wildman–Crippen LogP) is 1.69. The second-order valence-electron chi connectivity index (χ2n) is 6.40. The van der Waals surface area contributed by atoms with Crippen molar-refractivity contribution in [1.29, 1.82) is 0 Å². The number of ether oxygens (including phenoxy) is 1. The maximum Gasteiger partial charge on any atom is 0.320 e. The van der Waals surface area contributed by atoms with Gasteiger partial charge in [-0.3, -0.25) is 14.5 Å². The third-order valence-corrected chi connectivity index (χ3v) is 4.53. The summed E-state index contributed by atoms with van der Waals surface area (Å²) in [4.78, 5) is 27.2. The van der Waals surface area contributed by atoms with Crippen molar-refractivity contribution in [3.05, 3.63) is 29.3 Å². The molecule has 0 aliphatic carbocycles. The van der Waals surface area contributed by atoms with Crippen molar-refractivity contribution in [3.8, 4) is 5.75 Å². The summed E-state index contributed by atoms with van der Waals surface area (Å²) in [5.74, 6) is -0.158. The first-order valence-corrected chi connectivity index (χ1v) is 8.29. The fraction of sp³-hybridized carbons (Fsp3) is 0.556. The average molecular weight is 334 g/mol. The molecule has 2 rings (SSSR count). The molecule has 0 aromatic heterocycles. The summed E-state index contributed by atoms with van der Waals surface area (Å²) < 4.78 is 5.85. The van der Waals surface area contributed by atoms with Crippen molar-refractivity contribution in [2.45, 2.75) is 39.8 Å². The number of carboxylic acids is 1. The summed E-state index contributed by atoms with van der Waals surface area (Å²) in [5, 5.41) is 9.07. The number of carbonyl (C=O) groups is 2. The highest BCUT2D eigenvalue weighted by molar-refractivity contribution is 5.81. The highest BCUT2D eigenvalue weighted by Gasteiger charge is 2.29. The Hall–Kier alpha value is -2.08. The minimum atomic E-state index is -0.832. The molecule has 1 N–H and O–H groups in total. The SMILES string of the molecule is Cc1ccc(C)c(O[C@@H](C)C(=O)N2CCN([C@@H](C)C(=O)O)CC2)c1. The van der Waals surface area contributed by atoms with Crippen LogP contribution in [0.3, 0.4) is 0 Å². The van der Waals surface area contributed by atoms with E-state index in [-0.39, 0.29) is 5.91 Å². The van der Waals surface area contributed by atoms with Gasteiger partial charge in [-0.2, -0.15) is 0 Å². The molecule has 132 valence electrons. The van der Waals surface area contributed by atoms with Crippen LogP contribution in [0.15, 0.2) is 18.2 Å². The molecule has 24 heavy (non-hydrogen) atoms. The molecule has 0 radical (unpaired) electrons. The van der Waals surface area contributed by atoms with Crippen LogP contribution in [-0.2, 0) is 9.59 Å². The van der Waals surface area contributed by atoms with Gasteiger partial charge in [0.15, 0.2) is 6.10 Å². The molecule has 1 aliphatic rings. The third kappa shape index (κ3) is 4.26. The molecule has 0 saturated carbocycles. The number of amides is 1. The van der Waals surface area contributed by atoms with Crippen molar-refractivity contribution in [3.63, 3.8) is 0 Å². The van der Waals surface area contributed by atoms with Gasteiger partial charge in [-0.15, -0.1) is 0 Å². The van der Waals surface area contributed by atoms with Gasteiger partial charge in [0.1, 0.15) is 11.8 Å². The van der Waals surface area contributed by atoms with Crippen molar-refractivity contribution in [1.82, 2.24) is 9.80 Å². The van der Waals surface area contributed by atoms with E-state index in [4.69, 9.17) is 9.84 Å². The third-order valence-electron chi connectivity index (χ3n) is 4.53. The van der Waals surface area contributed by atoms with E-state index in [1.54, 1.807) is 18.7 Å². The van der Waals surface area contributed by atoms with Crippen LogP contribution >= 0.6 is 0 Å². The molecule has 0 spiro atoms. The smallest absolute Gasteiger partial charge is 0.320 e. The lowest BCUT2D eigenvalue weighted by molar-refractivity contribution is -0.145. The lowest BCUT2D eigenvalue weighted by Gasteiger charge is -2.37. The van der Waals surface area contributed by atoms with Crippen LogP contribution in [0, 0.1) is 13.8 Å². The van der Waals surface area contributed by atoms with Crippen LogP contribution in [0.25, 0.3) is 0 Å². The lowest BCUT2D eigenvalue weighted by Crippen LogP contribution is -2.55. The molecule has 6 heteroatoms. The topological polar surface area (TPSA) is 70.1 Å². The van der Waals surface area contributed by atoms with Gasteiger partial charge in [0.2, 0.25) is 0 Å². The minimum absolute atomic E-state index is 0.0569. The summed E-state index contributed by atoms with van der Waals surface area (Å²) in [6.07, 6.45) is -0.561. The van der Waals surface area contributed by atoms with E-state index in [0.717, 1.165) is 16.9 Å². The standard InChI is InChI=1S/C18H26N2O4/c1-12-5-6-13(2)16(11-12)24-15(4)17(21)20-9-7-19(8-10-20)14(3)18(22)23/h5-6,11,14-15H,7-10H2,1-4H3,(H,22,23)/t14-,15-/m0/s1. The molecular weight excluding hydrogens is 308 g/mol. The number of aliphatic carboxylic acids is 1. The second-order valence-corrected chi connectivity index (χ2v) is 6.40. The molecule has 6 nitrogen and oxygen atoms in total. The molecular formula is C18H26N2O4. The van der Waals surface area contributed by atoms with E-state index in [2.05, 4.69) is 0 Å². The number of aryl methyl sites for hydroxylation is 2. The monoisotopic (exact) mass is 334 g/mol. The maximum atomic E-state index is 12.6. The Morgan fingerprint density at radius 3 is 2.33 bits per heavy atom. The Bertz CT molecular complexity index is 609. The molecule has 1 amide bonds. The molecule has 1 aromatic rings. The zero-order chi connectivity index (χ0) is 17.9. The maximum absolute atomic E-state index is 12.6. The Labute approximate surface area is 143 Å². The van der Waals surface area contributed by atoms with Crippen molar-refractivity contribution in [2.75, 3.05) is 26.2 Å². The van der Waals surface area contributed by atoms with Gasteiger partial charge in [0.25, 0.3) is 5.91 Å². The Morgan fingerprint density at radius 1 is 1.12 bits per heavy atom. The number of hydrogen-bond acceptors (Lipinski definition) is 4. The fourth-order valence-electron chi connectivity index (χ4n) is 2.82. The van der Waals surface area contributed by atoms with Gasteiger partial charge < -0.3 is 14.7 Å². The zero-order valence-electron chi connectivity index (χ0n) is 14.8. The quantitative estimate of drug-likeness (QED) is 0.887. The number of piperazine rings is 1. The molecule has 1 aliphatic heterocycles. The van der Waals surface area contributed by atoms with Gasteiger partial charge in [0.05, 0.1) is 0 Å². The predicted molar refractivity (Wildman–Crippen MR) is 91.3 cm³/mol. The van der Waals surface area contributed by atoms with Crippen molar-refractivity contribution >= 4 is 11.9 Å². The van der Waals surface area contributed by atoms with Crippen LogP contribution in [0.2, 0.25) is 0 Å². The number of rotatable bonds is 5. The number of carboxylic acid groups (broad SMARTS) is 1. The summed E-state index contributed by atoms with van der Waals surface area (Å²) in [5.41, 5.74) is 2.09. The Balaban J connectivity index is 1.92. The van der Waals surface area contributed by atoms with E-state index >= 15 is 0 Å². The van der Waals surface area contributed by atoms with Crippen LogP contribution in [0.4, 0.5) is 0 Å². The lowest BCUT2D eigenvalue weighted by atomic mass is 10.1. The van der Waals surface area contributed by atoms with Crippen molar-refractivity contribution < 1.29 is 19.4 Å². The highest BCUT2D eigenvalue weighted by Crippen LogP contribution is 2.21. The first kappa shape index (κ1) is 18.3. The van der Waals surface area contributed by atoms with Gasteiger partial charge in [-0.05, 0) is 44.9 Å². The molecule has 1 saturated heterocycles. The van der Waals surface area contributed by atoms with Gasteiger partial charge in [-0.1, -0.05) is 12.1 Å². The molecule has 2 atom stereocenters. The number of hydrogen-bond donors (Lipinski definition) is 1. The zero-order valence-corrected chi connectivity index (χ0v) is 14.8. The number of carbonyl (C=O) groups excluding carboxylic acids is 1. The van der Waals surface area contributed by atoms with Gasteiger partial charge in [-0.25, -0.2) is 0 Å². The van der Waals surface area contributed by atoms with E-state index in [1.807, 2.05) is 36.9 Å². The Morgan fingerprint density at radius 2 is 1.75 bits per heavy atom. The van der Waals surface area contributed by atoms with E-state index < -0.39 is 18.1 Å². The average Bonchev–Trinajstić information content (AvgIpc) is 2.56. The summed E-state index contributed by atoms with van der Waals surface area (Å²) in [7, 11) is 0. The van der Waals surface area contributed by atoms with Crippen LogP contribution in [0.5, 0.6) is 5.75 Å². The van der Waals surface area contributed by atoms with Crippen LogP contribution in [-0.4, -0.2) is 65.1 Å². The summed E-state index contributed by atoms with van der Waals surface area (Å²) in [6.45, 7) is 9.56. The highest BCUT2D eigenvalue weighted by atomic mass is 16.5. The van der Waals surface area contributed by atoms with Gasteiger partial charge >= 0.3 is 5.97 Å². The molecule has 1 fully saturated rings.